The van der Waals surface area contributed by atoms with Crippen LogP contribution >= 0.6 is 0 Å². The van der Waals surface area contributed by atoms with Crippen LogP contribution in [0.15, 0.2) is 18.2 Å². The number of hydrogen-bond acceptors (Lipinski definition) is 6. The molecule has 1 aliphatic rings. The minimum absolute atomic E-state index is 0.0338. The predicted molar refractivity (Wildman–Crippen MR) is 73.9 cm³/mol. The lowest BCUT2D eigenvalue weighted by atomic mass is 10.2. The van der Waals surface area contributed by atoms with E-state index < -0.39 is 10.9 Å². The summed E-state index contributed by atoms with van der Waals surface area (Å²) < 4.78 is 10.5. The van der Waals surface area contributed by atoms with E-state index in [-0.39, 0.29) is 18.4 Å². The van der Waals surface area contributed by atoms with Crippen LogP contribution in [0.1, 0.15) is 6.42 Å². The first-order valence-electron chi connectivity index (χ1n) is 6.42. The summed E-state index contributed by atoms with van der Waals surface area (Å²) in [5.74, 6) is -0.579. The van der Waals surface area contributed by atoms with Gasteiger partial charge in [0.1, 0.15) is 12.4 Å². The minimum Gasteiger partial charge on any atom is -0.494 e. The second kappa shape index (κ2) is 6.40. The van der Waals surface area contributed by atoms with E-state index >= 15 is 0 Å². The topological polar surface area (TPSA) is 102 Å². The molecule has 1 aliphatic heterocycles. The van der Waals surface area contributed by atoms with Crippen LogP contribution in [0.4, 0.5) is 11.4 Å². The van der Waals surface area contributed by atoms with Gasteiger partial charge in [-0.05, 0) is 12.5 Å². The predicted octanol–water partition coefficient (Wildman–Crippen LogP) is 1.28. The summed E-state index contributed by atoms with van der Waals surface area (Å²) in [6.07, 6.45) is 0.536. The summed E-state index contributed by atoms with van der Waals surface area (Å²) in [7, 11) is 1.46. The van der Waals surface area contributed by atoms with Gasteiger partial charge >= 0.3 is 5.97 Å². The highest BCUT2D eigenvalue weighted by atomic mass is 16.6. The zero-order valence-electron chi connectivity index (χ0n) is 11.5. The normalized spacial score (nSPS) is 17.8. The van der Waals surface area contributed by atoms with Crippen LogP contribution in [0.5, 0.6) is 5.75 Å². The Morgan fingerprint density at radius 3 is 2.95 bits per heavy atom. The molecule has 0 aromatic heterocycles. The van der Waals surface area contributed by atoms with Gasteiger partial charge in [-0.2, -0.15) is 0 Å². The first kappa shape index (κ1) is 15.0. The van der Waals surface area contributed by atoms with Gasteiger partial charge in [0.15, 0.2) is 0 Å². The Morgan fingerprint density at radius 1 is 1.57 bits per heavy atom. The molecule has 0 bridgehead atoms. The number of nitrogens with zero attached hydrogens (tertiary/aromatic N) is 2. The Kier molecular flexibility index (Phi) is 4.59. The molecule has 1 aromatic rings. The number of ether oxygens (including phenoxy) is 2. The molecule has 0 radical (unpaired) electrons. The van der Waals surface area contributed by atoms with Crippen LogP contribution < -0.4 is 9.64 Å². The highest BCUT2D eigenvalue weighted by molar-refractivity contribution is 5.68. The van der Waals surface area contributed by atoms with Crippen molar-refractivity contribution >= 4 is 17.3 Å². The van der Waals surface area contributed by atoms with Crippen LogP contribution in [0.3, 0.4) is 0 Å². The standard InChI is InChI=1S/C13H16N2O6/c1-20-12-6-9(15(18)19)2-3-11(12)14-5-4-10(7-14)21-8-13(16)17/h2-3,6,10H,4-5,7-8H2,1H3,(H,16,17)/t10-/m1/s1. The summed E-state index contributed by atoms with van der Waals surface area (Å²) in [5, 5.41) is 19.4. The van der Waals surface area contributed by atoms with Crippen molar-refractivity contribution in [2.75, 3.05) is 31.7 Å². The third-order valence-corrected chi connectivity index (χ3v) is 3.30. The average molecular weight is 296 g/mol. The van der Waals surface area contributed by atoms with Gasteiger partial charge < -0.3 is 19.5 Å². The van der Waals surface area contributed by atoms with E-state index in [1.165, 1.54) is 19.2 Å². The monoisotopic (exact) mass is 296 g/mol. The maximum Gasteiger partial charge on any atom is 0.329 e. The highest BCUT2D eigenvalue weighted by Crippen LogP contribution is 2.34. The molecule has 1 atom stereocenters. The SMILES string of the molecule is COc1cc([N+](=O)[O-])ccc1N1CC[C@@H](OCC(=O)O)C1. The lowest BCUT2D eigenvalue weighted by molar-refractivity contribution is -0.384. The van der Waals surface area contributed by atoms with E-state index in [1.807, 2.05) is 4.90 Å². The van der Waals surface area contributed by atoms with Crippen molar-refractivity contribution in [3.8, 4) is 5.75 Å². The molecule has 1 aromatic carbocycles. The number of rotatable bonds is 6. The fourth-order valence-electron chi connectivity index (χ4n) is 2.31. The number of benzene rings is 1. The molecule has 8 heteroatoms. The minimum atomic E-state index is -0.999. The summed E-state index contributed by atoms with van der Waals surface area (Å²) in [4.78, 5) is 22.7. The van der Waals surface area contributed by atoms with E-state index in [0.717, 1.165) is 5.69 Å². The van der Waals surface area contributed by atoms with Crippen molar-refractivity contribution in [2.24, 2.45) is 0 Å². The summed E-state index contributed by atoms with van der Waals surface area (Å²) in [6.45, 7) is 0.885. The molecule has 114 valence electrons. The van der Waals surface area contributed by atoms with Crippen LogP contribution in [0, 0.1) is 10.1 Å². The Morgan fingerprint density at radius 2 is 2.33 bits per heavy atom. The number of methoxy groups -OCH3 is 1. The van der Waals surface area contributed by atoms with Crippen molar-refractivity contribution in [1.29, 1.82) is 0 Å². The quantitative estimate of drug-likeness (QED) is 0.623. The number of nitro groups is 1. The Bertz CT molecular complexity index is 547. The van der Waals surface area contributed by atoms with Crippen molar-refractivity contribution in [1.82, 2.24) is 0 Å². The lowest BCUT2D eigenvalue weighted by Gasteiger charge is -2.21. The number of anilines is 1. The molecular weight excluding hydrogens is 280 g/mol. The zero-order valence-corrected chi connectivity index (χ0v) is 11.5. The summed E-state index contributed by atoms with van der Waals surface area (Å²) in [6, 6.07) is 4.43. The molecule has 0 spiro atoms. The largest absolute Gasteiger partial charge is 0.494 e. The number of hydrogen-bond donors (Lipinski definition) is 1. The fraction of sp³-hybridized carbons (Fsp3) is 0.462. The van der Waals surface area contributed by atoms with E-state index in [1.54, 1.807) is 6.07 Å². The molecule has 0 amide bonds. The van der Waals surface area contributed by atoms with Crippen molar-refractivity contribution in [2.45, 2.75) is 12.5 Å². The van der Waals surface area contributed by atoms with Gasteiger partial charge in [0.2, 0.25) is 0 Å². The van der Waals surface area contributed by atoms with Gasteiger partial charge in [0, 0.05) is 19.2 Å². The molecule has 0 aliphatic carbocycles. The second-order valence-electron chi connectivity index (χ2n) is 4.67. The number of non-ortho nitro benzene ring substituents is 1. The highest BCUT2D eigenvalue weighted by Gasteiger charge is 2.26. The van der Waals surface area contributed by atoms with Crippen LogP contribution in [-0.4, -0.2) is 48.9 Å². The Balaban J connectivity index is 2.08. The maximum absolute atomic E-state index is 10.8. The lowest BCUT2D eigenvalue weighted by Crippen LogP contribution is -2.24. The van der Waals surface area contributed by atoms with E-state index in [0.29, 0.717) is 25.3 Å². The number of aliphatic carboxylic acids is 1. The molecule has 1 saturated heterocycles. The number of carbonyl (C=O) groups is 1. The number of carboxylic acid groups (broad SMARTS) is 1. The zero-order chi connectivity index (χ0) is 15.4. The third kappa shape index (κ3) is 3.60. The smallest absolute Gasteiger partial charge is 0.329 e. The van der Waals surface area contributed by atoms with Crippen LogP contribution in [-0.2, 0) is 9.53 Å². The molecule has 1 heterocycles. The Labute approximate surface area is 121 Å². The summed E-state index contributed by atoms with van der Waals surface area (Å²) in [5.41, 5.74) is 0.706. The van der Waals surface area contributed by atoms with Gasteiger partial charge in [-0.3, -0.25) is 10.1 Å². The molecule has 8 nitrogen and oxygen atoms in total. The van der Waals surface area contributed by atoms with Gasteiger partial charge in [-0.25, -0.2) is 4.79 Å². The maximum atomic E-state index is 10.8. The molecular formula is C13H16N2O6. The molecule has 1 fully saturated rings. The van der Waals surface area contributed by atoms with Crippen LogP contribution in [0.25, 0.3) is 0 Å². The first-order chi connectivity index (χ1) is 10.0. The van der Waals surface area contributed by atoms with E-state index in [4.69, 9.17) is 14.6 Å². The first-order valence-corrected chi connectivity index (χ1v) is 6.42. The van der Waals surface area contributed by atoms with Crippen molar-refractivity contribution in [3.63, 3.8) is 0 Å². The van der Waals surface area contributed by atoms with Gasteiger partial charge in [0.25, 0.3) is 5.69 Å². The average Bonchev–Trinajstić information content (AvgIpc) is 2.93. The molecule has 21 heavy (non-hydrogen) atoms. The van der Waals surface area contributed by atoms with E-state index in [2.05, 4.69) is 0 Å². The summed E-state index contributed by atoms with van der Waals surface area (Å²) >= 11 is 0. The molecule has 0 saturated carbocycles. The number of nitro benzene ring substituents is 1. The Hall–Kier alpha value is -2.35. The number of carboxylic acids is 1. The molecule has 1 N–H and O–H groups in total. The molecule has 2 rings (SSSR count). The van der Waals surface area contributed by atoms with E-state index in [9.17, 15) is 14.9 Å². The van der Waals surface area contributed by atoms with Crippen molar-refractivity contribution < 1.29 is 24.3 Å². The second-order valence-corrected chi connectivity index (χ2v) is 4.67. The van der Waals surface area contributed by atoms with Gasteiger partial charge in [-0.1, -0.05) is 0 Å². The van der Waals surface area contributed by atoms with Gasteiger partial charge in [-0.15, -0.1) is 0 Å². The fourth-order valence-corrected chi connectivity index (χ4v) is 2.31. The van der Waals surface area contributed by atoms with Gasteiger partial charge in [0.05, 0.1) is 29.9 Å². The van der Waals surface area contributed by atoms with Crippen LogP contribution in [0.2, 0.25) is 0 Å². The van der Waals surface area contributed by atoms with Crippen molar-refractivity contribution in [3.05, 3.63) is 28.3 Å². The third-order valence-electron chi connectivity index (χ3n) is 3.30. The molecule has 0 unspecified atom stereocenters.